The van der Waals surface area contributed by atoms with Gasteiger partial charge in [0.05, 0.1) is 6.54 Å². The lowest BCUT2D eigenvalue weighted by Crippen LogP contribution is -2.49. The molecule has 1 unspecified atom stereocenters. The number of carboxylic acids is 1. The van der Waals surface area contributed by atoms with E-state index in [-0.39, 0.29) is 29.7 Å². The van der Waals surface area contributed by atoms with Crippen molar-refractivity contribution in [1.29, 1.82) is 0 Å². The molecule has 0 aliphatic heterocycles. The average molecular weight is 393 g/mol. The maximum atomic E-state index is 12.5. The molecule has 3 N–H and O–H groups in total. The third-order valence-corrected chi connectivity index (χ3v) is 4.23. The molecule has 8 heteroatoms. The van der Waals surface area contributed by atoms with Gasteiger partial charge in [0.1, 0.15) is 23.1 Å². The van der Waals surface area contributed by atoms with Crippen LogP contribution < -0.4 is 10.6 Å². The summed E-state index contributed by atoms with van der Waals surface area (Å²) in [4.78, 5) is 35.9. The van der Waals surface area contributed by atoms with Gasteiger partial charge in [-0.25, -0.2) is 4.79 Å². The Morgan fingerprint density at radius 1 is 1.19 bits per heavy atom. The van der Waals surface area contributed by atoms with Crippen LogP contribution >= 0.6 is 11.6 Å². The number of hydrogen-bond acceptors (Lipinski definition) is 4. The molecule has 0 saturated heterocycles. The minimum absolute atomic E-state index is 0.0208. The van der Waals surface area contributed by atoms with Crippen molar-refractivity contribution >= 4 is 29.4 Å². The minimum atomic E-state index is -1.09. The highest BCUT2D eigenvalue weighted by molar-refractivity contribution is 6.30. The standard InChI is InChI=1S/C19H21ClN2O5/c1-10(2)16(22-17(23)12-4-6-13(20)7-5-12)18(24)21-9-14-8-15(19(25)26)11(3)27-14/h4-8,10,16H,9H2,1-3H3,(H,21,24)(H,22,23)(H,25,26). The van der Waals surface area contributed by atoms with E-state index in [0.717, 1.165) is 0 Å². The van der Waals surface area contributed by atoms with Crippen LogP contribution in [0.1, 0.15) is 46.1 Å². The molecule has 0 aliphatic rings. The molecule has 144 valence electrons. The fourth-order valence-corrected chi connectivity index (χ4v) is 2.61. The third kappa shape index (κ3) is 5.34. The molecule has 2 aromatic rings. The SMILES string of the molecule is Cc1oc(CNC(=O)C(NC(=O)c2ccc(Cl)cc2)C(C)C)cc1C(=O)O. The van der Waals surface area contributed by atoms with Gasteiger partial charge in [0.2, 0.25) is 5.91 Å². The van der Waals surface area contributed by atoms with Crippen LogP contribution in [0, 0.1) is 12.8 Å². The van der Waals surface area contributed by atoms with Gasteiger partial charge in [0, 0.05) is 10.6 Å². The molecule has 1 aromatic heterocycles. The largest absolute Gasteiger partial charge is 0.478 e. The lowest BCUT2D eigenvalue weighted by atomic mass is 10.0. The molecule has 0 spiro atoms. The number of nitrogens with one attached hydrogen (secondary N) is 2. The monoisotopic (exact) mass is 392 g/mol. The van der Waals surface area contributed by atoms with Crippen molar-refractivity contribution < 1.29 is 23.9 Å². The molecule has 2 rings (SSSR count). The minimum Gasteiger partial charge on any atom is -0.478 e. The number of carbonyl (C=O) groups excluding carboxylic acids is 2. The number of furan rings is 1. The van der Waals surface area contributed by atoms with Crippen LogP contribution in [-0.2, 0) is 11.3 Å². The van der Waals surface area contributed by atoms with Gasteiger partial charge < -0.3 is 20.2 Å². The average Bonchev–Trinajstić information content (AvgIpc) is 2.98. The van der Waals surface area contributed by atoms with E-state index in [1.165, 1.54) is 13.0 Å². The van der Waals surface area contributed by atoms with Gasteiger partial charge in [-0.15, -0.1) is 0 Å². The number of aryl methyl sites for hydroxylation is 1. The summed E-state index contributed by atoms with van der Waals surface area (Å²) in [6.45, 7) is 5.18. The van der Waals surface area contributed by atoms with Gasteiger partial charge in [-0.1, -0.05) is 25.4 Å². The number of hydrogen-bond donors (Lipinski definition) is 3. The van der Waals surface area contributed by atoms with Gasteiger partial charge in [0.25, 0.3) is 5.91 Å². The van der Waals surface area contributed by atoms with Crippen LogP contribution in [0.2, 0.25) is 5.02 Å². The van der Waals surface area contributed by atoms with Crippen molar-refractivity contribution in [2.45, 2.75) is 33.4 Å². The predicted octanol–water partition coefficient (Wildman–Crippen LogP) is 3.01. The van der Waals surface area contributed by atoms with Crippen molar-refractivity contribution in [3.63, 3.8) is 0 Å². The van der Waals surface area contributed by atoms with Crippen LogP contribution in [0.25, 0.3) is 0 Å². The highest BCUT2D eigenvalue weighted by Crippen LogP contribution is 2.15. The van der Waals surface area contributed by atoms with Crippen LogP contribution in [0.3, 0.4) is 0 Å². The van der Waals surface area contributed by atoms with Crippen LogP contribution in [0.5, 0.6) is 0 Å². The van der Waals surface area contributed by atoms with E-state index < -0.39 is 17.9 Å². The molecular weight excluding hydrogens is 372 g/mol. The zero-order chi connectivity index (χ0) is 20.1. The van der Waals surface area contributed by atoms with Crippen LogP contribution in [-0.4, -0.2) is 28.9 Å². The predicted molar refractivity (Wildman–Crippen MR) is 99.8 cm³/mol. The number of halogens is 1. The Hall–Kier alpha value is -2.80. The van der Waals surface area contributed by atoms with Crippen molar-refractivity contribution in [2.24, 2.45) is 5.92 Å². The summed E-state index contributed by atoms with van der Waals surface area (Å²) in [5.41, 5.74) is 0.446. The zero-order valence-electron chi connectivity index (χ0n) is 15.2. The Kier molecular flexibility index (Phi) is 6.63. The first kappa shape index (κ1) is 20.5. The lowest BCUT2D eigenvalue weighted by molar-refractivity contribution is -0.124. The van der Waals surface area contributed by atoms with Crippen LogP contribution in [0.15, 0.2) is 34.7 Å². The number of aromatic carboxylic acids is 1. The molecule has 7 nitrogen and oxygen atoms in total. The number of benzene rings is 1. The summed E-state index contributed by atoms with van der Waals surface area (Å²) in [5.74, 6) is -1.44. The number of rotatable bonds is 7. The molecule has 0 aliphatic carbocycles. The Morgan fingerprint density at radius 2 is 1.81 bits per heavy atom. The molecule has 1 aromatic carbocycles. The summed E-state index contributed by atoms with van der Waals surface area (Å²) in [7, 11) is 0. The first-order chi connectivity index (χ1) is 12.7. The Balaban J connectivity index is 2.02. The number of carbonyl (C=O) groups is 3. The molecular formula is C19H21ClN2O5. The summed E-state index contributed by atoms with van der Waals surface area (Å²) in [6, 6.07) is 6.95. The van der Waals surface area contributed by atoms with Crippen molar-refractivity contribution in [3.8, 4) is 0 Å². The second kappa shape index (κ2) is 8.73. The van der Waals surface area contributed by atoms with Crippen molar-refractivity contribution in [3.05, 3.63) is 58.0 Å². The Bertz CT molecular complexity index is 842. The van der Waals surface area contributed by atoms with E-state index in [1.807, 2.05) is 13.8 Å². The van der Waals surface area contributed by atoms with E-state index in [2.05, 4.69) is 10.6 Å². The summed E-state index contributed by atoms with van der Waals surface area (Å²) >= 11 is 5.81. The molecule has 0 fully saturated rings. The highest BCUT2D eigenvalue weighted by Gasteiger charge is 2.25. The second-order valence-corrected chi connectivity index (χ2v) is 6.84. The van der Waals surface area contributed by atoms with Gasteiger partial charge in [-0.05, 0) is 43.2 Å². The van der Waals surface area contributed by atoms with Gasteiger partial charge in [-0.2, -0.15) is 0 Å². The quantitative estimate of drug-likeness (QED) is 0.671. The van der Waals surface area contributed by atoms with Gasteiger partial charge in [-0.3, -0.25) is 9.59 Å². The molecule has 1 atom stereocenters. The zero-order valence-corrected chi connectivity index (χ0v) is 16.0. The Morgan fingerprint density at radius 3 is 2.33 bits per heavy atom. The molecule has 0 saturated carbocycles. The summed E-state index contributed by atoms with van der Waals surface area (Å²) < 4.78 is 5.33. The van der Waals surface area contributed by atoms with E-state index in [4.69, 9.17) is 21.1 Å². The van der Waals surface area contributed by atoms with E-state index >= 15 is 0 Å². The van der Waals surface area contributed by atoms with E-state index in [1.54, 1.807) is 24.3 Å². The highest BCUT2D eigenvalue weighted by atomic mass is 35.5. The molecule has 1 heterocycles. The molecule has 0 radical (unpaired) electrons. The molecule has 27 heavy (non-hydrogen) atoms. The normalized spacial score (nSPS) is 11.9. The molecule has 2 amide bonds. The first-order valence-electron chi connectivity index (χ1n) is 8.35. The van der Waals surface area contributed by atoms with Crippen molar-refractivity contribution in [1.82, 2.24) is 10.6 Å². The molecule has 0 bridgehead atoms. The summed E-state index contributed by atoms with van der Waals surface area (Å²) in [6.07, 6.45) is 0. The van der Waals surface area contributed by atoms with Crippen molar-refractivity contribution in [2.75, 3.05) is 0 Å². The van der Waals surface area contributed by atoms with Gasteiger partial charge in [0.15, 0.2) is 0 Å². The lowest BCUT2D eigenvalue weighted by Gasteiger charge is -2.21. The first-order valence-corrected chi connectivity index (χ1v) is 8.73. The maximum Gasteiger partial charge on any atom is 0.339 e. The second-order valence-electron chi connectivity index (χ2n) is 6.41. The summed E-state index contributed by atoms with van der Waals surface area (Å²) in [5, 5.41) is 14.9. The fraction of sp³-hybridized carbons (Fsp3) is 0.316. The smallest absolute Gasteiger partial charge is 0.339 e. The topological polar surface area (TPSA) is 109 Å². The van der Waals surface area contributed by atoms with Gasteiger partial charge >= 0.3 is 5.97 Å². The number of amides is 2. The fourth-order valence-electron chi connectivity index (χ4n) is 2.49. The van der Waals surface area contributed by atoms with E-state index in [9.17, 15) is 14.4 Å². The maximum absolute atomic E-state index is 12.5. The van der Waals surface area contributed by atoms with Crippen LogP contribution in [0.4, 0.5) is 0 Å². The Labute approximate surface area is 161 Å². The third-order valence-electron chi connectivity index (χ3n) is 3.98. The number of carboxylic acid groups (broad SMARTS) is 1. The van der Waals surface area contributed by atoms with E-state index in [0.29, 0.717) is 16.3 Å².